The van der Waals surface area contributed by atoms with Gasteiger partial charge in [-0.3, -0.25) is 14.5 Å². The number of methoxy groups -OCH3 is 1. The van der Waals surface area contributed by atoms with Crippen LogP contribution < -0.4 is 14.7 Å². The quantitative estimate of drug-likeness (QED) is 0.495. The van der Waals surface area contributed by atoms with Crippen LogP contribution in [0.25, 0.3) is 6.08 Å². The monoisotopic (exact) mass is 463 g/mol. The van der Waals surface area contributed by atoms with Gasteiger partial charge in [-0.1, -0.05) is 18.2 Å². The number of quaternary nitrogens is 1. The highest BCUT2D eigenvalue weighted by Crippen LogP contribution is 2.35. The number of carbonyl (C=O) groups excluding carboxylic acids is 2. The summed E-state index contributed by atoms with van der Waals surface area (Å²) in [5.41, 5.74) is 5.59. The molecule has 10 heteroatoms. The van der Waals surface area contributed by atoms with Crippen molar-refractivity contribution < 1.29 is 32.7 Å². The summed E-state index contributed by atoms with van der Waals surface area (Å²) in [5, 5.41) is -0.341. The van der Waals surface area contributed by atoms with Gasteiger partial charge in [0.2, 0.25) is 0 Å². The molecule has 1 heterocycles. The molecule has 0 aliphatic carbocycles. The van der Waals surface area contributed by atoms with Gasteiger partial charge in [0.1, 0.15) is 4.90 Å². The van der Waals surface area contributed by atoms with Gasteiger partial charge in [-0.2, -0.15) is 8.42 Å². The van der Waals surface area contributed by atoms with Crippen molar-refractivity contribution in [2.75, 3.05) is 20.2 Å². The summed E-state index contributed by atoms with van der Waals surface area (Å²) >= 11 is 0.847. The number of hydrogen-bond acceptors (Lipinski definition) is 7. The Morgan fingerprint density at radius 2 is 1.84 bits per heavy atom. The molecule has 1 fully saturated rings. The van der Waals surface area contributed by atoms with Crippen LogP contribution >= 0.6 is 11.8 Å². The SMILES string of the molecule is COc1cc(/C=C2/SC(=O)N(CC[NH3+])C2=O)ccc1OS(=O)(=O)c1cc(C)ccc1C. The third kappa shape index (κ3) is 4.92. The van der Waals surface area contributed by atoms with Crippen molar-refractivity contribution in [2.45, 2.75) is 18.7 Å². The summed E-state index contributed by atoms with van der Waals surface area (Å²) in [4.78, 5) is 25.9. The van der Waals surface area contributed by atoms with Gasteiger partial charge in [0.15, 0.2) is 11.5 Å². The number of amides is 2. The molecular weight excluding hydrogens is 440 g/mol. The van der Waals surface area contributed by atoms with Crippen LogP contribution in [0, 0.1) is 13.8 Å². The van der Waals surface area contributed by atoms with Crippen LogP contribution in [0.5, 0.6) is 11.5 Å². The first kappa shape index (κ1) is 22.9. The average Bonchev–Trinajstić information content (AvgIpc) is 2.98. The van der Waals surface area contributed by atoms with Crippen molar-refractivity contribution >= 4 is 39.1 Å². The topological polar surface area (TPSA) is 118 Å². The zero-order chi connectivity index (χ0) is 22.8. The molecule has 3 rings (SSSR count). The van der Waals surface area contributed by atoms with E-state index in [0.717, 1.165) is 22.2 Å². The Hall–Kier alpha value is -2.82. The summed E-state index contributed by atoms with van der Waals surface area (Å²) < 4.78 is 36.2. The van der Waals surface area contributed by atoms with E-state index in [1.54, 1.807) is 44.2 Å². The van der Waals surface area contributed by atoms with Crippen LogP contribution in [0.3, 0.4) is 0 Å². The van der Waals surface area contributed by atoms with Crippen LogP contribution in [0.2, 0.25) is 0 Å². The number of imide groups is 1. The number of hydrogen-bond donors (Lipinski definition) is 1. The highest BCUT2D eigenvalue weighted by molar-refractivity contribution is 8.18. The molecule has 1 saturated heterocycles. The molecule has 31 heavy (non-hydrogen) atoms. The molecule has 0 aromatic heterocycles. The Morgan fingerprint density at radius 1 is 1.10 bits per heavy atom. The van der Waals surface area contributed by atoms with E-state index in [2.05, 4.69) is 5.73 Å². The van der Waals surface area contributed by atoms with E-state index in [-0.39, 0.29) is 39.0 Å². The zero-order valence-corrected chi connectivity index (χ0v) is 19.0. The standard InChI is InChI=1S/C21H22N2O6S2/c1-13-4-5-14(2)19(10-13)31(26,27)29-16-7-6-15(11-17(16)28-3)12-18-20(24)23(9-8-22)21(25)30-18/h4-7,10-12H,8-9,22H2,1-3H3/p+1/b18-12+. The maximum Gasteiger partial charge on any atom is 0.339 e. The number of nitrogens with zero attached hydrogens (tertiary/aromatic N) is 1. The van der Waals surface area contributed by atoms with E-state index >= 15 is 0 Å². The van der Waals surface area contributed by atoms with E-state index in [4.69, 9.17) is 8.92 Å². The second kappa shape index (κ2) is 9.13. The van der Waals surface area contributed by atoms with Gasteiger partial charge in [-0.25, -0.2) is 0 Å². The lowest BCUT2D eigenvalue weighted by atomic mass is 10.2. The van der Waals surface area contributed by atoms with Crippen molar-refractivity contribution in [3.8, 4) is 11.5 Å². The first-order valence-corrected chi connectivity index (χ1v) is 11.6. The van der Waals surface area contributed by atoms with Crippen molar-refractivity contribution in [3.05, 3.63) is 58.0 Å². The second-order valence-corrected chi connectivity index (χ2v) is 9.41. The third-order valence-corrected chi connectivity index (χ3v) is 6.84. The predicted octanol–water partition coefficient (Wildman–Crippen LogP) is 2.36. The predicted molar refractivity (Wildman–Crippen MR) is 117 cm³/mol. The van der Waals surface area contributed by atoms with E-state index < -0.39 is 10.1 Å². The van der Waals surface area contributed by atoms with Crippen molar-refractivity contribution in [2.24, 2.45) is 0 Å². The van der Waals surface area contributed by atoms with Crippen molar-refractivity contribution in [1.82, 2.24) is 4.90 Å². The number of thioether (sulfide) groups is 1. The normalized spacial score (nSPS) is 15.6. The van der Waals surface area contributed by atoms with Crippen LogP contribution in [-0.4, -0.2) is 44.7 Å². The lowest BCUT2D eigenvalue weighted by molar-refractivity contribution is -0.367. The molecule has 0 atom stereocenters. The number of benzene rings is 2. The summed E-state index contributed by atoms with van der Waals surface area (Å²) in [7, 11) is -2.69. The van der Waals surface area contributed by atoms with Crippen molar-refractivity contribution in [3.63, 3.8) is 0 Å². The fourth-order valence-electron chi connectivity index (χ4n) is 2.98. The third-order valence-electron chi connectivity index (χ3n) is 4.55. The Labute approximate surface area is 185 Å². The maximum atomic E-state index is 12.8. The Kier molecular flexibility index (Phi) is 6.73. The van der Waals surface area contributed by atoms with Gasteiger partial charge in [-0.15, -0.1) is 0 Å². The molecule has 1 aliphatic heterocycles. The number of carbonyl (C=O) groups is 2. The fraction of sp³-hybridized carbons (Fsp3) is 0.238. The smallest absolute Gasteiger partial charge is 0.339 e. The summed E-state index contributed by atoms with van der Waals surface area (Å²) in [6.45, 7) is 4.18. The first-order chi connectivity index (χ1) is 14.7. The van der Waals surface area contributed by atoms with Crippen LogP contribution in [-0.2, 0) is 14.9 Å². The number of rotatable bonds is 7. The molecule has 8 nitrogen and oxygen atoms in total. The van der Waals surface area contributed by atoms with E-state index in [0.29, 0.717) is 17.7 Å². The number of ether oxygens (including phenoxy) is 1. The van der Waals surface area contributed by atoms with Crippen molar-refractivity contribution in [1.29, 1.82) is 0 Å². The van der Waals surface area contributed by atoms with Gasteiger partial charge in [0.05, 0.1) is 25.1 Å². The maximum absolute atomic E-state index is 12.8. The molecule has 0 bridgehead atoms. The van der Waals surface area contributed by atoms with Gasteiger partial charge < -0.3 is 14.7 Å². The average molecular weight is 464 g/mol. The molecule has 2 amide bonds. The Balaban J connectivity index is 1.90. The highest BCUT2D eigenvalue weighted by atomic mass is 32.2. The van der Waals surface area contributed by atoms with E-state index in [1.807, 2.05) is 6.07 Å². The second-order valence-electron chi connectivity index (χ2n) is 6.90. The van der Waals surface area contributed by atoms with E-state index in [1.165, 1.54) is 13.2 Å². The van der Waals surface area contributed by atoms with Crippen LogP contribution in [0.1, 0.15) is 16.7 Å². The molecular formula is C21H23N2O6S2+. The zero-order valence-electron chi connectivity index (χ0n) is 17.4. The molecule has 164 valence electrons. The Bertz CT molecular complexity index is 1170. The summed E-state index contributed by atoms with van der Waals surface area (Å²) in [6, 6.07) is 9.67. The lowest BCUT2D eigenvalue weighted by Gasteiger charge is -2.13. The van der Waals surface area contributed by atoms with Gasteiger partial charge >= 0.3 is 10.1 Å². The van der Waals surface area contributed by atoms with E-state index in [9.17, 15) is 18.0 Å². The van der Waals surface area contributed by atoms with Gasteiger partial charge in [-0.05, 0) is 66.6 Å². The molecule has 0 radical (unpaired) electrons. The van der Waals surface area contributed by atoms with Crippen LogP contribution in [0.4, 0.5) is 4.79 Å². The minimum atomic E-state index is -4.07. The van der Waals surface area contributed by atoms with Gasteiger partial charge in [0, 0.05) is 0 Å². The molecule has 1 aliphatic rings. The largest absolute Gasteiger partial charge is 0.493 e. The highest BCUT2D eigenvalue weighted by Gasteiger charge is 2.34. The van der Waals surface area contributed by atoms with Gasteiger partial charge in [0.25, 0.3) is 11.1 Å². The lowest BCUT2D eigenvalue weighted by Crippen LogP contribution is -2.55. The molecule has 3 N–H and O–H groups in total. The molecule has 2 aromatic rings. The van der Waals surface area contributed by atoms with Crippen LogP contribution in [0.15, 0.2) is 46.2 Å². The summed E-state index contributed by atoms with van der Waals surface area (Å²) in [5.74, 6) is -0.180. The minimum Gasteiger partial charge on any atom is -0.493 e. The molecule has 0 saturated carbocycles. The minimum absolute atomic E-state index is 0.0192. The number of aryl methyl sites for hydroxylation is 2. The summed E-state index contributed by atoms with van der Waals surface area (Å²) in [6.07, 6.45) is 1.56. The Morgan fingerprint density at radius 3 is 2.52 bits per heavy atom. The first-order valence-electron chi connectivity index (χ1n) is 9.40. The fourth-order valence-corrected chi connectivity index (χ4v) is 5.11. The molecule has 0 spiro atoms. The molecule has 0 unspecified atom stereocenters. The molecule has 2 aromatic carbocycles.